The van der Waals surface area contributed by atoms with Crippen molar-refractivity contribution < 1.29 is 20.1 Å². The largest absolute Gasteiger partial charge is 0.411 e. The van der Waals surface area contributed by atoms with Crippen molar-refractivity contribution in [2.24, 2.45) is 0 Å². The standard InChI is InChI=1S/C19H16N.C12H8N3.Ir/c1-14-10-11-19(20-13-14)17-8-5-7-16(12-17)18-9-4-3-6-15(18)2;1-2-6-11-10(5-1)14-9-15(11)12-7-3-4-8-13-12;/h3-7,9-13H,1-2H3;1-8H;/q2*-1;. The van der Waals surface area contributed by atoms with Gasteiger partial charge in [-0.25, -0.2) is 0 Å². The van der Waals surface area contributed by atoms with Crippen LogP contribution in [0.15, 0.2) is 109 Å². The average Bonchev–Trinajstić information content (AvgIpc) is 3.35. The fraction of sp³-hybridized carbons (Fsp3) is 0.0645. The van der Waals surface area contributed by atoms with Gasteiger partial charge in [-0.2, -0.15) is 0 Å². The summed E-state index contributed by atoms with van der Waals surface area (Å²) >= 11 is 0. The van der Waals surface area contributed by atoms with Crippen LogP contribution in [0.3, 0.4) is 0 Å². The summed E-state index contributed by atoms with van der Waals surface area (Å²) in [5.74, 6) is 0.839. The molecule has 0 spiro atoms. The molecule has 0 amide bonds. The van der Waals surface area contributed by atoms with Gasteiger partial charge in [0.2, 0.25) is 0 Å². The molecule has 0 bridgehead atoms. The van der Waals surface area contributed by atoms with E-state index in [1.165, 1.54) is 22.3 Å². The fourth-order valence-corrected chi connectivity index (χ4v) is 3.87. The van der Waals surface area contributed by atoms with Gasteiger partial charge in [-0.05, 0) is 47.8 Å². The van der Waals surface area contributed by atoms with E-state index in [0.29, 0.717) is 0 Å². The second kappa shape index (κ2) is 11.7. The van der Waals surface area contributed by atoms with Gasteiger partial charge >= 0.3 is 0 Å². The van der Waals surface area contributed by atoms with E-state index in [4.69, 9.17) is 0 Å². The van der Waals surface area contributed by atoms with E-state index >= 15 is 0 Å². The summed E-state index contributed by atoms with van der Waals surface area (Å²) in [6.07, 6.45) is 6.59. The second-order valence-corrected chi connectivity index (χ2v) is 8.25. The van der Waals surface area contributed by atoms with Crippen LogP contribution in [0.25, 0.3) is 39.2 Å². The number of fused-ring (bicyclic) bond motifs is 1. The third-order valence-electron chi connectivity index (χ3n) is 5.72. The van der Waals surface area contributed by atoms with Crippen molar-refractivity contribution in [3.05, 3.63) is 133 Å². The predicted molar refractivity (Wildman–Crippen MR) is 141 cm³/mol. The van der Waals surface area contributed by atoms with Crippen LogP contribution >= 0.6 is 0 Å². The van der Waals surface area contributed by atoms with Crippen LogP contribution in [0, 0.1) is 26.2 Å². The first-order valence-electron chi connectivity index (χ1n) is 11.5. The molecular weight excluding hydrogens is 621 g/mol. The summed E-state index contributed by atoms with van der Waals surface area (Å²) in [4.78, 5) is 12.9. The number of imidazole rings is 1. The number of pyridine rings is 2. The molecule has 0 atom stereocenters. The molecule has 0 fully saturated rings. The number of hydrogen-bond donors (Lipinski definition) is 0. The first-order valence-corrected chi connectivity index (χ1v) is 11.5. The van der Waals surface area contributed by atoms with Crippen molar-refractivity contribution in [3.8, 4) is 28.2 Å². The van der Waals surface area contributed by atoms with Gasteiger partial charge in [-0.1, -0.05) is 78.3 Å². The molecule has 36 heavy (non-hydrogen) atoms. The van der Waals surface area contributed by atoms with E-state index in [0.717, 1.165) is 28.1 Å². The molecule has 0 N–H and O–H groups in total. The topological polar surface area (TPSA) is 43.6 Å². The number of rotatable bonds is 3. The minimum atomic E-state index is 0. The minimum Gasteiger partial charge on any atom is -0.411 e. The Labute approximate surface area is 225 Å². The molecule has 0 unspecified atom stereocenters. The van der Waals surface area contributed by atoms with Crippen LogP contribution in [0.1, 0.15) is 11.1 Å². The molecule has 1 radical (unpaired) electrons. The molecule has 3 aromatic carbocycles. The number of aryl methyl sites for hydroxylation is 2. The van der Waals surface area contributed by atoms with Crippen molar-refractivity contribution in [1.82, 2.24) is 19.5 Å². The Morgan fingerprint density at radius 2 is 1.58 bits per heavy atom. The van der Waals surface area contributed by atoms with E-state index in [-0.39, 0.29) is 20.1 Å². The van der Waals surface area contributed by atoms with Crippen LogP contribution in [0.2, 0.25) is 0 Å². The van der Waals surface area contributed by atoms with Gasteiger partial charge in [0.15, 0.2) is 0 Å². The van der Waals surface area contributed by atoms with Crippen molar-refractivity contribution in [3.63, 3.8) is 0 Å². The zero-order chi connectivity index (χ0) is 24.0. The van der Waals surface area contributed by atoms with Gasteiger partial charge in [0, 0.05) is 38.8 Å². The summed E-state index contributed by atoms with van der Waals surface area (Å²) in [6.45, 7) is 4.18. The summed E-state index contributed by atoms with van der Waals surface area (Å²) in [7, 11) is 0. The Bertz CT molecular complexity index is 1560. The van der Waals surface area contributed by atoms with Crippen LogP contribution in [-0.2, 0) is 20.1 Å². The number of hydrogen-bond acceptors (Lipinski definition) is 3. The Morgan fingerprint density at radius 3 is 2.36 bits per heavy atom. The molecule has 179 valence electrons. The van der Waals surface area contributed by atoms with Crippen molar-refractivity contribution in [1.29, 1.82) is 0 Å². The van der Waals surface area contributed by atoms with Crippen molar-refractivity contribution >= 4 is 11.0 Å². The first kappa shape index (κ1) is 25.2. The maximum absolute atomic E-state index is 4.47. The number of benzene rings is 3. The zero-order valence-electron chi connectivity index (χ0n) is 20.0. The quantitative estimate of drug-likeness (QED) is 0.194. The van der Waals surface area contributed by atoms with Gasteiger partial charge in [-0.15, -0.1) is 35.4 Å². The molecule has 0 saturated heterocycles. The number of aromatic nitrogens is 4. The van der Waals surface area contributed by atoms with Crippen LogP contribution in [-0.4, -0.2) is 19.5 Å². The maximum atomic E-state index is 4.47. The summed E-state index contributed by atoms with van der Waals surface area (Å²) < 4.78 is 1.86. The van der Waals surface area contributed by atoms with Crippen molar-refractivity contribution in [2.75, 3.05) is 0 Å². The normalized spacial score (nSPS) is 10.3. The third kappa shape index (κ3) is 5.65. The SMILES string of the molecule is Cc1ccc(-c2[c-]ccc(-c3ccccc3C)c2)nc1.[Ir].[c-]1nc2ccccc2n1-c1ccccn1. The Balaban J connectivity index is 0.000000170. The summed E-state index contributed by atoms with van der Waals surface area (Å²) in [5.41, 5.74) is 8.87. The molecule has 3 aromatic heterocycles. The number of nitrogens with zero attached hydrogens (tertiary/aromatic N) is 4. The zero-order valence-corrected chi connectivity index (χ0v) is 22.4. The van der Waals surface area contributed by atoms with Gasteiger partial charge in [0.1, 0.15) is 0 Å². The Morgan fingerprint density at radius 1 is 0.778 bits per heavy atom. The van der Waals surface area contributed by atoms with E-state index in [9.17, 15) is 0 Å². The monoisotopic (exact) mass is 645 g/mol. The van der Waals surface area contributed by atoms with E-state index < -0.39 is 0 Å². The molecular formula is C31H24IrN4-2. The van der Waals surface area contributed by atoms with Gasteiger partial charge in [0.05, 0.1) is 5.82 Å². The molecule has 5 heteroatoms. The van der Waals surface area contributed by atoms with Crippen LogP contribution in [0.5, 0.6) is 0 Å². The number of para-hydroxylation sites is 2. The summed E-state index contributed by atoms with van der Waals surface area (Å²) in [5, 5.41) is 0. The molecule has 4 nitrogen and oxygen atoms in total. The van der Waals surface area contributed by atoms with Gasteiger partial charge in [-0.3, -0.25) is 4.98 Å². The molecule has 0 aliphatic carbocycles. The van der Waals surface area contributed by atoms with E-state index in [1.54, 1.807) is 6.20 Å². The van der Waals surface area contributed by atoms with Crippen LogP contribution in [0.4, 0.5) is 0 Å². The Kier molecular flexibility index (Phi) is 8.17. The van der Waals surface area contributed by atoms with E-state index in [2.05, 4.69) is 76.7 Å². The van der Waals surface area contributed by atoms with E-state index in [1.807, 2.05) is 72.3 Å². The first-order chi connectivity index (χ1) is 17.2. The van der Waals surface area contributed by atoms with Crippen LogP contribution < -0.4 is 0 Å². The molecule has 0 aliphatic heterocycles. The second-order valence-electron chi connectivity index (χ2n) is 8.25. The smallest absolute Gasteiger partial charge is 0.0552 e. The Hall–Kier alpha value is -3.92. The van der Waals surface area contributed by atoms with Crippen molar-refractivity contribution in [2.45, 2.75) is 13.8 Å². The molecule has 6 rings (SSSR count). The van der Waals surface area contributed by atoms with Gasteiger partial charge in [0.25, 0.3) is 0 Å². The molecule has 6 aromatic rings. The van der Waals surface area contributed by atoms with Gasteiger partial charge < -0.3 is 14.5 Å². The predicted octanol–water partition coefficient (Wildman–Crippen LogP) is 7.05. The molecule has 0 saturated carbocycles. The third-order valence-corrected chi connectivity index (χ3v) is 5.72. The fourth-order valence-electron chi connectivity index (χ4n) is 3.87. The molecule has 3 heterocycles. The maximum Gasteiger partial charge on any atom is 0.0552 e. The summed E-state index contributed by atoms with van der Waals surface area (Å²) in [6, 6.07) is 35.7. The average molecular weight is 645 g/mol. The minimum absolute atomic E-state index is 0. The molecule has 0 aliphatic rings.